The summed E-state index contributed by atoms with van der Waals surface area (Å²) in [6.45, 7) is 1.34. The Morgan fingerprint density at radius 2 is 1.75 bits per heavy atom. The highest BCUT2D eigenvalue weighted by molar-refractivity contribution is 5.96. The van der Waals surface area contributed by atoms with E-state index >= 15 is 0 Å². The largest absolute Gasteiger partial charge is 0.478 e. The van der Waals surface area contributed by atoms with Crippen molar-refractivity contribution in [2.45, 2.75) is 13.3 Å². The summed E-state index contributed by atoms with van der Waals surface area (Å²) in [6, 6.07) is 3.70. The van der Waals surface area contributed by atoms with Crippen LogP contribution in [0.2, 0.25) is 0 Å². The molecule has 0 aliphatic carbocycles. The number of rotatable bonds is 4. The summed E-state index contributed by atoms with van der Waals surface area (Å²) in [6.07, 6.45) is -0.0124. The lowest BCUT2D eigenvalue weighted by Gasteiger charge is -2.05. The first-order chi connectivity index (χ1) is 7.41. The summed E-state index contributed by atoms with van der Waals surface area (Å²) in [5.74, 6) is -2.61. The minimum atomic E-state index is -1.24. The van der Waals surface area contributed by atoms with Gasteiger partial charge in [-0.15, -0.1) is 0 Å². The Hall–Kier alpha value is -2.17. The molecule has 0 radical (unpaired) electrons. The van der Waals surface area contributed by atoms with E-state index in [0.29, 0.717) is 5.56 Å². The monoisotopic (exact) mass is 222 g/mol. The van der Waals surface area contributed by atoms with Crippen molar-refractivity contribution in [1.82, 2.24) is 0 Å². The average Bonchev–Trinajstić information content (AvgIpc) is 2.16. The van der Waals surface area contributed by atoms with Crippen LogP contribution in [0.25, 0.3) is 0 Å². The molecule has 5 heteroatoms. The summed E-state index contributed by atoms with van der Waals surface area (Å²) in [5.41, 5.74) is 0.0739. The molecule has 0 aromatic heterocycles. The van der Waals surface area contributed by atoms with Gasteiger partial charge in [0.25, 0.3) is 0 Å². The zero-order valence-corrected chi connectivity index (χ0v) is 8.56. The average molecular weight is 222 g/mol. The molecule has 1 aromatic carbocycles. The van der Waals surface area contributed by atoms with Crippen LogP contribution in [-0.4, -0.2) is 27.9 Å². The lowest BCUT2D eigenvalue weighted by atomic mass is 10.00. The van der Waals surface area contributed by atoms with Crippen LogP contribution in [0.5, 0.6) is 0 Å². The maximum atomic E-state index is 10.9. The highest BCUT2D eigenvalue weighted by Crippen LogP contribution is 2.13. The number of ketones is 1. The predicted octanol–water partition coefficient (Wildman–Crippen LogP) is 1.21. The molecule has 16 heavy (non-hydrogen) atoms. The number of aromatic carboxylic acids is 2. The van der Waals surface area contributed by atoms with Crippen LogP contribution in [0.1, 0.15) is 33.2 Å². The Balaban J connectivity index is 3.24. The van der Waals surface area contributed by atoms with Gasteiger partial charge in [-0.2, -0.15) is 0 Å². The van der Waals surface area contributed by atoms with Gasteiger partial charge in [0.05, 0.1) is 11.1 Å². The molecule has 0 unspecified atom stereocenters. The summed E-state index contributed by atoms with van der Waals surface area (Å²) < 4.78 is 0. The molecule has 0 fully saturated rings. The Kier molecular flexibility index (Phi) is 3.40. The summed E-state index contributed by atoms with van der Waals surface area (Å²) in [7, 11) is 0. The first-order valence-corrected chi connectivity index (χ1v) is 4.50. The molecule has 0 aliphatic rings. The number of Topliss-reactive ketones (excluding diaryl/α,β-unsaturated/α-hetero) is 1. The van der Waals surface area contributed by atoms with Crippen molar-refractivity contribution < 1.29 is 24.6 Å². The van der Waals surface area contributed by atoms with E-state index in [1.807, 2.05) is 0 Å². The smallest absolute Gasteiger partial charge is 0.336 e. The van der Waals surface area contributed by atoms with Crippen molar-refractivity contribution in [3.63, 3.8) is 0 Å². The van der Waals surface area contributed by atoms with Crippen LogP contribution in [0.3, 0.4) is 0 Å². The summed E-state index contributed by atoms with van der Waals surface area (Å²) in [4.78, 5) is 32.4. The van der Waals surface area contributed by atoms with Gasteiger partial charge in [0.1, 0.15) is 5.78 Å². The highest BCUT2D eigenvalue weighted by Gasteiger charge is 2.14. The van der Waals surface area contributed by atoms with Crippen molar-refractivity contribution in [2.24, 2.45) is 0 Å². The second-order valence-corrected chi connectivity index (χ2v) is 3.36. The van der Waals surface area contributed by atoms with E-state index in [9.17, 15) is 14.4 Å². The number of carbonyl (C=O) groups excluding carboxylic acids is 1. The number of carbonyl (C=O) groups is 3. The molecule has 0 spiro atoms. The maximum Gasteiger partial charge on any atom is 0.336 e. The maximum absolute atomic E-state index is 10.9. The van der Waals surface area contributed by atoms with Gasteiger partial charge in [-0.3, -0.25) is 4.79 Å². The second kappa shape index (κ2) is 4.57. The van der Waals surface area contributed by atoms with Gasteiger partial charge in [-0.1, -0.05) is 6.07 Å². The van der Waals surface area contributed by atoms with Crippen molar-refractivity contribution >= 4 is 17.7 Å². The topological polar surface area (TPSA) is 91.7 Å². The third-order valence-electron chi connectivity index (χ3n) is 2.03. The fourth-order valence-electron chi connectivity index (χ4n) is 1.33. The standard InChI is InChI=1S/C11H10O5/c1-6(12)4-7-2-3-8(10(13)14)5-9(7)11(15)16/h2-3,5H,4H2,1H3,(H,13,14)(H,15,16). The van der Waals surface area contributed by atoms with Crippen molar-refractivity contribution in [1.29, 1.82) is 0 Å². The minimum Gasteiger partial charge on any atom is -0.478 e. The molecule has 5 nitrogen and oxygen atoms in total. The lowest BCUT2D eigenvalue weighted by molar-refractivity contribution is -0.116. The van der Waals surface area contributed by atoms with Crippen LogP contribution in [0, 0.1) is 0 Å². The zero-order valence-electron chi connectivity index (χ0n) is 8.56. The van der Waals surface area contributed by atoms with Crippen molar-refractivity contribution in [3.05, 3.63) is 34.9 Å². The highest BCUT2D eigenvalue weighted by atomic mass is 16.4. The number of benzene rings is 1. The van der Waals surface area contributed by atoms with Gasteiger partial charge in [0, 0.05) is 6.42 Å². The van der Waals surface area contributed by atoms with Crippen LogP contribution in [0.4, 0.5) is 0 Å². The third-order valence-corrected chi connectivity index (χ3v) is 2.03. The van der Waals surface area contributed by atoms with E-state index in [4.69, 9.17) is 10.2 Å². The SMILES string of the molecule is CC(=O)Cc1ccc(C(=O)O)cc1C(=O)O. The molecule has 0 saturated carbocycles. The van der Waals surface area contributed by atoms with E-state index in [1.54, 1.807) is 0 Å². The zero-order chi connectivity index (χ0) is 12.3. The molecule has 84 valence electrons. The van der Waals surface area contributed by atoms with E-state index in [2.05, 4.69) is 0 Å². The van der Waals surface area contributed by atoms with Gasteiger partial charge in [-0.05, 0) is 24.6 Å². The first-order valence-electron chi connectivity index (χ1n) is 4.50. The quantitative estimate of drug-likeness (QED) is 0.798. The minimum absolute atomic E-state index is 0.0124. The van der Waals surface area contributed by atoms with Crippen LogP contribution >= 0.6 is 0 Å². The van der Waals surface area contributed by atoms with E-state index in [1.165, 1.54) is 19.1 Å². The van der Waals surface area contributed by atoms with Crippen LogP contribution < -0.4 is 0 Å². The summed E-state index contributed by atoms with van der Waals surface area (Å²) in [5, 5.41) is 17.6. The van der Waals surface area contributed by atoms with E-state index < -0.39 is 11.9 Å². The van der Waals surface area contributed by atoms with Gasteiger partial charge in [0.15, 0.2) is 0 Å². The Labute approximate surface area is 91.3 Å². The number of carboxylic acids is 2. The number of hydrogen-bond donors (Lipinski definition) is 2. The molecule has 0 saturated heterocycles. The molecular weight excluding hydrogens is 212 g/mol. The van der Waals surface area contributed by atoms with Gasteiger partial charge >= 0.3 is 11.9 Å². The van der Waals surface area contributed by atoms with E-state index in [-0.39, 0.29) is 23.3 Å². The third kappa shape index (κ3) is 2.66. The van der Waals surface area contributed by atoms with Crippen molar-refractivity contribution in [3.8, 4) is 0 Å². The van der Waals surface area contributed by atoms with Crippen LogP contribution in [0.15, 0.2) is 18.2 Å². The molecule has 1 rings (SSSR count). The molecule has 0 amide bonds. The first kappa shape index (κ1) is 11.9. The Morgan fingerprint density at radius 1 is 1.12 bits per heavy atom. The molecular formula is C11H10O5. The summed E-state index contributed by atoms with van der Waals surface area (Å²) >= 11 is 0. The molecule has 0 heterocycles. The lowest BCUT2D eigenvalue weighted by Crippen LogP contribution is -2.08. The molecule has 1 aromatic rings. The van der Waals surface area contributed by atoms with Gasteiger partial charge < -0.3 is 10.2 Å². The number of hydrogen-bond acceptors (Lipinski definition) is 3. The van der Waals surface area contributed by atoms with Crippen molar-refractivity contribution in [2.75, 3.05) is 0 Å². The predicted molar refractivity (Wildman–Crippen MR) is 54.7 cm³/mol. The molecule has 0 bridgehead atoms. The Morgan fingerprint density at radius 3 is 2.19 bits per heavy atom. The Bertz CT molecular complexity index is 461. The van der Waals surface area contributed by atoms with E-state index in [0.717, 1.165) is 6.07 Å². The van der Waals surface area contributed by atoms with Gasteiger partial charge in [0.2, 0.25) is 0 Å². The number of carboxylic acid groups (broad SMARTS) is 2. The molecule has 2 N–H and O–H groups in total. The second-order valence-electron chi connectivity index (χ2n) is 3.36. The van der Waals surface area contributed by atoms with Gasteiger partial charge in [-0.25, -0.2) is 9.59 Å². The normalized spacial score (nSPS) is 9.81. The fourth-order valence-corrected chi connectivity index (χ4v) is 1.33. The molecule has 0 atom stereocenters. The molecule has 0 aliphatic heterocycles. The fraction of sp³-hybridized carbons (Fsp3) is 0.182. The van der Waals surface area contributed by atoms with Crippen LogP contribution in [-0.2, 0) is 11.2 Å².